The second kappa shape index (κ2) is 5.63. The van der Waals surface area contributed by atoms with Crippen LogP contribution in [0.1, 0.15) is 15.2 Å². The lowest BCUT2D eigenvalue weighted by molar-refractivity contribution is 0.104. The monoisotopic (exact) mass is 341 g/mol. The first kappa shape index (κ1) is 13.9. The molecule has 0 fully saturated rings. The average molecular weight is 342 g/mol. The van der Waals surface area contributed by atoms with Gasteiger partial charge in [0.05, 0.1) is 28.4 Å². The number of halogens is 1. The fourth-order valence-electron chi connectivity index (χ4n) is 1.66. The molecular weight excluding hydrogens is 330 g/mol. The van der Waals surface area contributed by atoms with Gasteiger partial charge < -0.3 is 15.2 Å². The molecule has 0 aliphatic carbocycles. The van der Waals surface area contributed by atoms with Gasteiger partial charge in [0.25, 0.3) is 0 Å². The van der Waals surface area contributed by atoms with Crippen LogP contribution in [0.25, 0.3) is 0 Å². The number of methoxy groups -OCH3 is 2. The summed E-state index contributed by atoms with van der Waals surface area (Å²) in [6.07, 6.45) is 0. The molecule has 0 spiro atoms. The first-order valence-electron chi connectivity index (χ1n) is 5.38. The Morgan fingerprint density at radius 3 is 2.37 bits per heavy atom. The Kier molecular flexibility index (Phi) is 4.11. The zero-order valence-corrected chi connectivity index (χ0v) is 12.8. The van der Waals surface area contributed by atoms with E-state index >= 15 is 0 Å². The van der Waals surface area contributed by atoms with Gasteiger partial charge in [-0.25, -0.2) is 0 Å². The maximum Gasteiger partial charge on any atom is 0.205 e. The number of ketones is 1. The summed E-state index contributed by atoms with van der Waals surface area (Å²) in [7, 11) is 3.04. The summed E-state index contributed by atoms with van der Waals surface area (Å²) in [5.41, 5.74) is 6.68. The molecule has 4 nitrogen and oxygen atoms in total. The SMILES string of the molecule is COc1cc(N)c(C(=O)c2ccc(Br)s2)cc1OC. The van der Waals surface area contributed by atoms with E-state index in [0.717, 1.165) is 3.79 Å². The third kappa shape index (κ3) is 2.74. The number of hydrogen-bond acceptors (Lipinski definition) is 5. The van der Waals surface area contributed by atoms with E-state index in [1.54, 1.807) is 18.2 Å². The van der Waals surface area contributed by atoms with Crippen LogP contribution in [-0.2, 0) is 0 Å². The largest absolute Gasteiger partial charge is 0.493 e. The molecule has 2 rings (SSSR count). The normalized spacial score (nSPS) is 10.3. The van der Waals surface area contributed by atoms with Gasteiger partial charge in [-0.15, -0.1) is 11.3 Å². The van der Waals surface area contributed by atoms with Crippen molar-refractivity contribution in [1.29, 1.82) is 0 Å². The average Bonchev–Trinajstić information content (AvgIpc) is 2.84. The van der Waals surface area contributed by atoms with Crippen LogP contribution in [-0.4, -0.2) is 20.0 Å². The molecule has 0 aliphatic heterocycles. The predicted molar refractivity (Wildman–Crippen MR) is 79.4 cm³/mol. The van der Waals surface area contributed by atoms with Crippen molar-refractivity contribution in [2.75, 3.05) is 20.0 Å². The van der Waals surface area contributed by atoms with Crippen molar-refractivity contribution in [3.05, 3.63) is 38.5 Å². The molecule has 1 aromatic carbocycles. The van der Waals surface area contributed by atoms with Gasteiger partial charge in [0.15, 0.2) is 11.5 Å². The molecule has 0 unspecified atom stereocenters. The number of anilines is 1. The van der Waals surface area contributed by atoms with Gasteiger partial charge in [0.2, 0.25) is 5.78 Å². The lowest BCUT2D eigenvalue weighted by atomic mass is 10.1. The quantitative estimate of drug-likeness (QED) is 0.684. The van der Waals surface area contributed by atoms with Crippen LogP contribution in [0.5, 0.6) is 11.5 Å². The van der Waals surface area contributed by atoms with E-state index in [0.29, 0.717) is 27.6 Å². The molecule has 0 saturated carbocycles. The minimum atomic E-state index is -0.130. The van der Waals surface area contributed by atoms with E-state index in [1.165, 1.54) is 25.6 Å². The van der Waals surface area contributed by atoms with Crippen molar-refractivity contribution in [1.82, 2.24) is 0 Å². The molecule has 2 N–H and O–H groups in total. The van der Waals surface area contributed by atoms with Crippen molar-refractivity contribution in [3.63, 3.8) is 0 Å². The van der Waals surface area contributed by atoms with Crippen LogP contribution >= 0.6 is 27.3 Å². The van der Waals surface area contributed by atoms with Gasteiger partial charge in [0, 0.05) is 11.8 Å². The molecule has 0 radical (unpaired) electrons. The molecule has 0 saturated heterocycles. The van der Waals surface area contributed by atoms with Gasteiger partial charge in [-0.3, -0.25) is 4.79 Å². The van der Waals surface area contributed by atoms with Crippen molar-refractivity contribution in [3.8, 4) is 11.5 Å². The van der Waals surface area contributed by atoms with E-state index < -0.39 is 0 Å². The maximum absolute atomic E-state index is 12.4. The molecule has 0 aliphatic rings. The summed E-state index contributed by atoms with van der Waals surface area (Å²) in [6.45, 7) is 0. The Balaban J connectivity index is 2.47. The number of hydrogen-bond donors (Lipinski definition) is 1. The molecule has 0 bridgehead atoms. The fourth-order valence-corrected chi connectivity index (χ4v) is 3.00. The molecule has 1 aromatic heterocycles. The van der Waals surface area contributed by atoms with Crippen molar-refractivity contribution < 1.29 is 14.3 Å². The van der Waals surface area contributed by atoms with E-state index in [1.807, 2.05) is 6.07 Å². The number of carbonyl (C=O) groups excluding carboxylic acids is 1. The van der Waals surface area contributed by atoms with Gasteiger partial charge in [-0.05, 0) is 34.1 Å². The molecule has 1 heterocycles. The zero-order valence-electron chi connectivity index (χ0n) is 10.4. The smallest absolute Gasteiger partial charge is 0.205 e. The number of thiophene rings is 1. The number of rotatable bonds is 4. The van der Waals surface area contributed by atoms with Crippen LogP contribution in [0, 0.1) is 0 Å². The number of nitrogen functional groups attached to an aromatic ring is 1. The number of nitrogens with two attached hydrogens (primary N) is 1. The molecule has 0 amide bonds. The Labute approximate surface area is 123 Å². The van der Waals surface area contributed by atoms with Gasteiger partial charge in [-0.1, -0.05) is 0 Å². The summed E-state index contributed by atoms with van der Waals surface area (Å²) in [6, 6.07) is 6.78. The molecule has 19 heavy (non-hydrogen) atoms. The third-order valence-corrected chi connectivity index (χ3v) is 4.22. The Hall–Kier alpha value is -1.53. The third-order valence-electron chi connectivity index (χ3n) is 2.60. The second-order valence-electron chi connectivity index (χ2n) is 3.73. The summed E-state index contributed by atoms with van der Waals surface area (Å²) in [4.78, 5) is 13.0. The van der Waals surface area contributed by atoms with Crippen LogP contribution in [0.15, 0.2) is 28.1 Å². The fraction of sp³-hybridized carbons (Fsp3) is 0.154. The number of benzene rings is 1. The molecular formula is C13H12BrNO3S. The highest BCUT2D eigenvalue weighted by molar-refractivity contribution is 9.11. The molecule has 2 aromatic rings. The highest BCUT2D eigenvalue weighted by atomic mass is 79.9. The first-order chi connectivity index (χ1) is 9.06. The van der Waals surface area contributed by atoms with E-state index in [-0.39, 0.29) is 5.78 Å². The Morgan fingerprint density at radius 1 is 1.21 bits per heavy atom. The minimum absolute atomic E-state index is 0.130. The molecule has 0 atom stereocenters. The van der Waals surface area contributed by atoms with Crippen LogP contribution in [0.2, 0.25) is 0 Å². The van der Waals surface area contributed by atoms with E-state index in [9.17, 15) is 4.79 Å². The topological polar surface area (TPSA) is 61.5 Å². The van der Waals surface area contributed by atoms with Crippen LogP contribution in [0.4, 0.5) is 5.69 Å². The highest BCUT2D eigenvalue weighted by Crippen LogP contribution is 2.34. The summed E-state index contributed by atoms with van der Waals surface area (Å²) >= 11 is 4.70. The lowest BCUT2D eigenvalue weighted by Gasteiger charge is -2.11. The minimum Gasteiger partial charge on any atom is -0.493 e. The predicted octanol–water partition coefficient (Wildman–Crippen LogP) is 3.34. The molecule has 6 heteroatoms. The van der Waals surface area contributed by atoms with E-state index in [2.05, 4.69) is 15.9 Å². The number of carbonyl (C=O) groups is 1. The van der Waals surface area contributed by atoms with Gasteiger partial charge >= 0.3 is 0 Å². The first-order valence-corrected chi connectivity index (χ1v) is 6.99. The van der Waals surface area contributed by atoms with Crippen molar-refractivity contribution >= 4 is 38.7 Å². The number of ether oxygens (including phenoxy) is 2. The Morgan fingerprint density at radius 2 is 1.84 bits per heavy atom. The van der Waals surface area contributed by atoms with Gasteiger partial charge in [-0.2, -0.15) is 0 Å². The lowest BCUT2D eigenvalue weighted by Crippen LogP contribution is -2.05. The maximum atomic E-state index is 12.4. The standard InChI is InChI=1S/C13H12BrNO3S/c1-17-9-5-7(8(15)6-10(9)18-2)13(16)11-3-4-12(14)19-11/h3-6H,15H2,1-2H3. The highest BCUT2D eigenvalue weighted by Gasteiger charge is 2.18. The van der Waals surface area contributed by atoms with E-state index in [4.69, 9.17) is 15.2 Å². The van der Waals surface area contributed by atoms with Gasteiger partial charge in [0.1, 0.15) is 0 Å². The molecule has 100 valence electrons. The van der Waals surface area contributed by atoms with Crippen LogP contribution in [0.3, 0.4) is 0 Å². The summed E-state index contributed by atoms with van der Waals surface area (Å²) in [5.74, 6) is 0.855. The zero-order chi connectivity index (χ0) is 14.0. The summed E-state index contributed by atoms with van der Waals surface area (Å²) in [5, 5.41) is 0. The van der Waals surface area contributed by atoms with Crippen molar-refractivity contribution in [2.24, 2.45) is 0 Å². The summed E-state index contributed by atoms with van der Waals surface area (Å²) < 4.78 is 11.2. The Bertz CT molecular complexity index is 624. The van der Waals surface area contributed by atoms with Crippen LogP contribution < -0.4 is 15.2 Å². The second-order valence-corrected chi connectivity index (χ2v) is 6.19. The van der Waals surface area contributed by atoms with Crippen molar-refractivity contribution in [2.45, 2.75) is 0 Å².